The summed E-state index contributed by atoms with van der Waals surface area (Å²) in [5.41, 5.74) is -0.659. The number of ether oxygens (including phenoxy) is 1. The molecule has 0 bridgehead atoms. The van der Waals surface area contributed by atoms with E-state index in [1.54, 1.807) is 31.4 Å². The van der Waals surface area contributed by atoms with E-state index < -0.39 is 17.3 Å². The van der Waals surface area contributed by atoms with Gasteiger partial charge in [-0.25, -0.2) is 0 Å². The van der Waals surface area contributed by atoms with E-state index in [1.807, 2.05) is 0 Å². The quantitative estimate of drug-likeness (QED) is 0.799. The van der Waals surface area contributed by atoms with Crippen molar-refractivity contribution in [2.75, 3.05) is 12.4 Å². The number of benzene rings is 1. The summed E-state index contributed by atoms with van der Waals surface area (Å²) < 4.78 is 5.01. The lowest BCUT2D eigenvalue weighted by atomic mass is 9.68. The van der Waals surface area contributed by atoms with Crippen LogP contribution in [0.25, 0.3) is 0 Å². The number of anilines is 1. The van der Waals surface area contributed by atoms with Crippen LogP contribution in [-0.4, -0.2) is 24.1 Å². The second-order valence-corrected chi connectivity index (χ2v) is 4.42. The lowest BCUT2D eigenvalue weighted by Crippen LogP contribution is -2.48. The SMILES string of the molecule is COc1ccc(NC(=O)C2(C(=O)O)CCC2)cc1. The molecule has 18 heavy (non-hydrogen) atoms. The van der Waals surface area contributed by atoms with E-state index >= 15 is 0 Å². The zero-order valence-corrected chi connectivity index (χ0v) is 10.1. The van der Waals surface area contributed by atoms with Crippen LogP contribution in [0, 0.1) is 5.41 Å². The molecule has 1 aromatic rings. The Morgan fingerprint density at radius 1 is 1.28 bits per heavy atom. The topological polar surface area (TPSA) is 75.6 Å². The molecule has 1 fully saturated rings. The van der Waals surface area contributed by atoms with Gasteiger partial charge in [-0.15, -0.1) is 0 Å². The average Bonchev–Trinajstić information content (AvgIpc) is 2.28. The molecule has 1 aliphatic carbocycles. The van der Waals surface area contributed by atoms with E-state index in [2.05, 4.69) is 5.32 Å². The summed E-state index contributed by atoms with van der Waals surface area (Å²) in [6, 6.07) is 6.80. The highest BCUT2D eigenvalue weighted by molar-refractivity contribution is 6.09. The molecule has 0 unspecified atom stereocenters. The first-order chi connectivity index (χ1) is 8.58. The largest absolute Gasteiger partial charge is 0.497 e. The molecule has 0 radical (unpaired) electrons. The number of amides is 1. The third kappa shape index (κ3) is 2.03. The van der Waals surface area contributed by atoms with E-state index in [9.17, 15) is 9.59 Å². The van der Waals surface area contributed by atoms with Crippen LogP contribution < -0.4 is 10.1 Å². The maximum absolute atomic E-state index is 12.0. The Bertz CT molecular complexity index is 462. The lowest BCUT2D eigenvalue weighted by molar-refractivity contribution is -0.159. The molecule has 2 rings (SSSR count). The van der Waals surface area contributed by atoms with Crippen molar-refractivity contribution in [1.29, 1.82) is 0 Å². The number of methoxy groups -OCH3 is 1. The van der Waals surface area contributed by atoms with Crippen LogP contribution in [0.4, 0.5) is 5.69 Å². The van der Waals surface area contributed by atoms with Gasteiger partial charge in [0, 0.05) is 5.69 Å². The van der Waals surface area contributed by atoms with Crippen molar-refractivity contribution in [1.82, 2.24) is 0 Å². The van der Waals surface area contributed by atoms with Crippen molar-refractivity contribution in [3.05, 3.63) is 24.3 Å². The Hall–Kier alpha value is -2.04. The minimum atomic E-state index is -1.24. The fraction of sp³-hybridized carbons (Fsp3) is 0.385. The second kappa shape index (κ2) is 4.68. The van der Waals surface area contributed by atoms with Gasteiger partial charge in [-0.2, -0.15) is 0 Å². The van der Waals surface area contributed by atoms with Crippen molar-refractivity contribution in [2.45, 2.75) is 19.3 Å². The van der Waals surface area contributed by atoms with E-state index in [-0.39, 0.29) is 0 Å². The first-order valence-electron chi connectivity index (χ1n) is 5.77. The monoisotopic (exact) mass is 249 g/mol. The first-order valence-corrected chi connectivity index (χ1v) is 5.77. The minimum Gasteiger partial charge on any atom is -0.497 e. The number of hydrogen-bond donors (Lipinski definition) is 2. The van der Waals surface area contributed by atoms with Gasteiger partial charge in [0.1, 0.15) is 11.2 Å². The summed E-state index contributed by atoms with van der Waals surface area (Å²) in [5, 5.41) is 11.8. The smallest absolute Gasteiger partial charge is 0.319 e. The number of carbonyl (C=O) groups is 2. The second-order valence-electron chi connectivity index (χ2n) is 4.42. The van der Waals surface area contributed by atoms with E-state index in [4.69, 9.17) is 9.84 Å². The maximum Gasteiger partial charge on any atom is 0.319 e. The summed E-state index contributed by atoms with van der Waals surface area (Å²) in [5.74, 6) is -0.796. The molecule has 1 aliphatic rings. The minimum absolute atomic E-state index is 0.407. The molecular weight excluding hydrogens is 234 g/mol. The Labute approximate surface area is 105 Å². The van der Waals surface area contributed by atoms with Crippen LogP contribution in [-0.2, 0) is 9.59 Å². The summed E-state index contributed by atoms with van der Waals surface area (Å²) in [7, 11) is 1.56. The van der Waals surface area contributed by atoms with Gasteiger partial charge in [0.05, 0.1) is 7.11 Å². The van der Waals surface area contributed by atoms with Gasteiger partial charge in [0.15, 0.2) is 0 Å². The highest BCUT2D eigenvalue weighted by Gasteiger charge is 2.51. The van der Waals surface area contributed by atoms with Crippen molar-refractivity contribution < 1.29 is 19.4 Å². The predicted molar refractivity (Wildman–Crippen MR) is 65.5 cm³/mol. The van der Waals surface area contributed by atoms with E-state index in [0.29, 0.717) is 24.3 Å². The third-order valence-electron chi connectivity index (χ3n) is 3.40. The molecule has 96 valence electrons. The molecule has 1 saturated carbocycles. The van der Waals surface area contributed by atoms with Gasteiger partial charge in [0.25, 0.3) is 0 Å². The molecule has 0 heterocycles. The number of carboxylic acid groups (broad SMARTS) is 1. The van der Waals surface area contributed by atoms with E-state index in [0.717, 1.165) is 6.42 Å². The van der Waals surface area contributed by atoms with Crippen molar-refractivity contribution in [2.24, 2.45) is 5.41 Å². The molecule has 1 aromatic carbocycles. The van der Waals surface area contributed by atoms with Crippen LogP contribution in [0.3, 0.4) is 0 Å². The Morgan fingerprint density at radius 2 is 1.89 bits per heavy atom. The molecule has 0 spiro atoms. The lowest BCUT2D eigenvalue weighted by Gasteiger charge is -2.35. The Kier molecular flexibility index (Phi) is 3.23. The summed E-state index contributed by atoms with van der Waals surface area (Å²) in [4.78, 5) is 23.1. The standard InChI is InChI=1S/C13H15NO4/c1-18-10-5-3-9(4-6-10)14-11(15)13(12(16)17)7-2-8-13/h3-6H,2,7-8H2,1H3,(H,14,15)(H,16,17). The predicted octanol–water partition coefficient (Wildman–Crippen LogP) is 1.89. The molecule has 0 aromatic heterocycles. The van der Waals surface area contributed by atoms with E-state index in [1.165, 1.54) is 0 Å². The molecule has 0 atom stereocenters. The van der Waals surface area contributed by atoms with Crippen LogP contribution in [0.5, 0.6) is 5.75 Å². The molecular formula is C13H15NO4. The molecule has 5 heteroatoms. The fourth-order valence-corrected chi connectivity index (χ4v) is 1.99. The summed E-state index contributed by atoms with van der Waals surface area (Å²) in [6.45, 7) is 0. The van der Waals surface area contributed by atoms with Gasteiger partial charge in [-0.3, -0.25) is 9.59 Å². The normalized spacial score (nSPS) is 16.5. The number of carbonyl (C=O) groups excluding carboxylic acids is 1. The number of hydrogen-bond acceptors (Lipinski definition) is 3. The highest BCUT2D eigenvalue weighted by atomic mass is 16.5. The van der Waals surface area contributed by atoms with Crippen molar-refractivity contribution in [3.8, 4) is 5.75 Å². The number of carboxylic acids is 1. The van der Waals surface area contributed by atoms with Crippen LogP contribution in [0.2, 0.25) is 0 Å². The molecule has 1 amide bonds. The highest BCUT2D eigenvalue weighted by Crippen LogP contribution is 2.42. The van der Waals surface area contributed by atoms with Gasteiger partial charge in [0.2, 0.25) is 5.91 Å². The van der Waals surface area contributed by atoms with Gasteiger partial charge < -0.3 is 15.2 Å². The molecule has 2 N–H and O–H groups in total. The van der Waals surface area contributed by atoms with Crippen LogP contribution >= 0.6 is 0 Å². The zero-order chi connectivity index (χ0) is 13.2. The average molecular weight is 249 g/mol. The summed E-state index contributed by atoms with van der Waals surface area (Å²) in [6.07, 6.45) is 1.59. The zero-order valence-electron chi connectivity index (χ0n) is 10.1. The fourth-order valence-electron chi connectivity index (χ4n) is 1.99. The molecule has 5 nitrogen and oxygen atoms in total. The Balaban J connectivity index is 2.08. The Morgan fingerprint density at radius 3 is 2.28 bits per heavy atom. The maximum atomic E-state index is 12.0. The van der Waals surface area contributed by atoms with Crippen molar-refractivity contribution in [3.63, 3.8) is 0 Å². The number of nitrogens with one attached hydrogen (secondary N) is 1. The summed E-state index contributed by atoms with van der Waals surface area (Å²) >= 11 is 0. The van der Waals surface area contributed by atoms with Gasteiger partial charge >= 0.3 is 5.97 Å². The van der Waals surface area contributed by atoms with Crippen LogP contribution in [0.15, 0.2) is 24.3 Å². The number of aliphatic carboxylic acids is 1. The van der Waals surface area contributed by atoms with Crippen LogP contribution in [0.1, 0.15) is 19.3 Å². The van der Waals surface area contributed by atoms with Gasteiger partial charge in [-0.05, 0) is 37.1 Å². The molecule has 0 aliphatic heterocycles. The molecule has 0 saturated heterocycles. The number of rotatable bonds is 4. The first kappa shape index (κ1) is 12.4. The van der Waals surface area contributed by atoms with Crippen molar-refractivity contribution >= 4 is 17.6 Å². The van der Waals surface area contributed by atoms with Gasteiger partial charge in [-0.1, -0.05) is 6.42 Å². The third-order valence-corrected chi connectivity index (χ3v) is 3.40.